The van der Waals surface area contributed by atoms with Crippen LogP contribution in [-0.2, 0) is 0 Å². The van der Waals surface area contributed by atoms with Gasteiger partial charge < -0.3 is 0 Å². The van der Waals surface area contributed by atoms with Gasteiger partial charge in [0.1, 0.15) is 12.0 Å². The van der Waals surface area contributed by atoms with Crippen LogP contribution in [0.3, 0.4) is 0 Å². The van der Waals surface area contributed by atoms with Gasteiger partial charge in [-0.05, 0) is 22.6 Å². The Balaban J connectivity index is 2.61. The molecule has 0 saturated carbocycles. The highest BCUT2D eigenvalue weighted by molar-refractivity contribution is 5.32. The van der Waals surface area contributed by atoms with Crippen LogP contribution in [0.25, 0.3) is 5.69 Å². The Morgan fingerprint density at radius 3 is 2.50 bits per heavy atom. The lowest BCUT2D eigenvalue weighted by molar-refractivity contribution is 0.442. The minimum Gasteiger partial charge on any atom is -0.204 e. The molecule has 14 heavy (non-hydrogen) atoms. The van der Waals surface area contributed by atoms with Crippen LogP contribution >= 0.6 is 0 Å². The van der Waals surface area contributed by atoms with Gasteiger partial charge >= 0.3 is 0 Å². The van der Waals surface area contributed by atoms with Crippen molar-refractivity contribution >= 4 is 0 Å². The van der Waals surface area contributed by atoms with Gasteiger partial charge in [-0.25, -0.2) is 13.2 Å². The van der Waals surface area contributed by atoms with Crippen LogP contribution in [-0.4, -0.2) is 20.2 Å². The molecule has 0 unspecified atom stereocenters. The molecule has 0 N–H and O–H groups in total. The fourth-order valence-corrected chi connectivity index (χ4v) is 0.964. The fraction of sp³-hybridized carbons (Fsp3) is 0. The van der Waals surface area contributed by atoms with Gasteiger partial charge in [0.15, 0.2) is 17.5 Å². The van der Waals surface area contributed by atoms with Crippen molar-refractivity contribution in [1.82, 2.24) is 20.2 Å². The lowest BCUT2D eigenvalue weighted by Crippen LogP contribution is -2.02. The minimum absolute atomic E-state index is 0.242. The average Bonchev–Trinajstić information content (AvgIpc) is 2.67. The number of hydrogen-bond acceptors (Lipinski definition) is 3. The summed E-state index contributed by atoms with van der Waals surface area (Å²) in [6.07, 6.45) is 1.08. The van der Waals surface area contributed by atoms with E-state index in [1.807, 2.05) is 0 Å². The summed E-state index contributed by atoms with van der Waals surface area (Å²) in [6, 6.07) is 1.85. The summed E-state index contributed by atoms with van der Waals surface area (Å²) in [5, 5.41) is 9.83. The smallest absolute Gasteiger partial charge is 0.196 e. The van der Waals surface area contributed by atoms with E-state index in [1.165, 1.54) is 0 Å². The van der Waals surface area contributed by atoms with Gasteiger partial charge in [-0.1, -0.05) is 0 Å². The molecule has 2 rings (SSSR count). The summed E-state index contributed by atoms with van der Waals surface area (Å²) < 4.78 is 39.3. The minimum atomic E-state index is -1.54. The predicted molar refractivity (Wildman–Crippen MR) is 39.0 cm³/mol. The average molecular weight is 200 g/mol. The Morgan fingerprint density at radius 1 is 1.07 bits per heavy atom. The standard InChI is InChI=1S/C7H3F3N4/c8-4-1-2-5(7(10)6(4)9)14-3-11-12-13-14/h1-3H. The summed E-state index contributed by atoms with van der Waals surface area (Å²) in [6.45, 7) is 0. The first-order valence-electron chi connectivity index (χ1n) is 3.57. The molecule has 1 aromatic heterocycles. The molecule has 0 aliphatic carbocycles. The first-order chi connectivity index (χ1) is 6.70. The first kappa shape index (κ1) is 8.67. The van der Waals surface area contributed by atoms with Crippen molar-refractivity contribution in [1.29, 1.82) is 0 Å². The molecule has 7 heteroatoms. The zero-order valence-corrected chi connectivity index (χ0v) is 6.65. The second-order valence-electron chi connectivity index (χ2n) is 2.45. The molecule has 0 bridgehead atoms. The van der Waals surface area contributed by atoms with Crippen LogP contribution in [0.4, 0.5) is 13.2 Å². The molecule has 1 heterocycles. The van der Waals surface area contributed by atoms with Gasteiger partial charge in [0.2, 0.25) is 0 Å². The number of nitrogens with zero attached hydrogens (tertiary/aromatic N) is 4. The highest BCUT2D eigenvalue weighted by Gasteiger charge is 2.14. The molecule has 72 valence electrons. The van der Waals surface area contributed by atoms with Crippen molar-refractivity contribution < 1.29 is 13.2 Å². The van der Waals surface area contributed by atoms with Crippen LogP contribution in [0.15, 0.2) is 18.5 Å². The summed E-state index contributed by atoms with van der Waals surface area (Å²) in [7, 11) is 0. The molecule has 0 aliphatic rings. The van der Waals surface area contributed by atoms with Crippen molar-refractivity contribution in [2.45, 2.75) is 0 Å². The van der Waals surface area contributed by atoms with Gasteiger partial charge in [-0.15, -0.1) is 5.10 Å². The molecule has 0 aliphatic heterocycles. The van der Waals surface area contributed by atoms with E-state index in [-0.39, 0.29) is 5.69 Å². The van der Waals surface area contributed by atoms with Gasteiger partial charge in [0.05, 0.1) is 0 Å². The van der Waals surface area contributed by atoms with E-state index in [4.69, 9.17) is 0 Å². The molecular weight excluding hydrogens is 197 g/mol. The van der Waals surface area contributed by atoms with Gasteiger partial charge in [-0.3, -0.25) is 0 Å². The lowest BCUT2D eigenvalue weighted by atomic mass is 10.3. The number of benzene rings is 1. The normalized spacial score (nSPS) is 10.5. The van der Waals surface area contributed by atoms with Crippen LogP contribution in [0, 0.1) is 17.5 Å². The first-order valence-corrected chi connectivity index (χ1v) is 3.57. The van der Waals surface area contributed by atoms with Gasteiger partial charge in [0, 0.05) is 0 Å². The molecular formula is C7H3F3N4. The molecule has 4 nitrogen and oxygen atoms in total. The van der Waals surface area contributed by atoms with Gasteiger partial charge in [-0.2, -0.15) is 4.68 Å². The molecule has 0 fully saturated rings. The monoisotopic (exact) mass is 200 g/mol. The van der Waals surface area contributed by atoms with Crippen LogP contribution < -0.4 is 0 Å². The van der Waals surface area contributed by atoms with E-state index in [2.05, 4.69) is 15.5 Å². The fourth-order valence-electron chi connectivity index (χ4n) is 0.964. The zero-order chi connectivity index (χ0) is 10.1. The second-order valence-corrected chi connectivity index (χ2v) is 2.45. The second kappa shape index (κ2) is 3.09. The van der Waals surface area contributed by atoms with E-state index < -0.39 is 17.5 Å². The van der Waals surface area contributed by atoms with Crippen molar-refractivity contribution in [2.24, 2.45) is 0 Å². The van der Waals surface area contributed by atoms with Gasteiger partial charge in [0.25, 0.3) is 0 Å². The van der Waals surface area contributed by atoms with E-state index in [0.717, 1.165) is 23.1 Å². The molecule has 2 aromatic rings. The molecule has 1 aromatic carbocycles. The maximum atomic E-state index is 13.1. The van der Waals surface area contributed by atoms with Crippen LogP contribution in [0.5, 0.6) is 0 Å². The van der Waals surface area contributed by atoms with Crippen molar-refractivity contribution in [3.05, 3.63) is 35.9 Å². The maximum absolute atomic E-state index is 13.1. The topological polar surface area (TPSA) is 43.6 Å². The number of halogens is 3. The maximum Gasteiger partial charge on any atom is 0.196 e. The van der Waals surface area contributed by atoms with E-state index >= 15 is 0 Å². The highest BCUT2D eigenvalue weighted by atomic mass is 19.2. The lowest BCUT2D eigenvalue weighted by Gasteiger charge is -2.01. The third-order valence-electron chi connectivity index (χ3n) is 1.61. The Labute approximate surface area is 76.0 Å². The summed E-state index contributed by atoms with van der Waals surface area (Å²) in [4.78, 5) is 0. The van der Waals surface area contributed by atoms with E-state index in [9.17, 15) is 13.2 Å². The molecule has 0 radical (unpaired) electrons. The number of rotatable bonds is 1. The zero-order valence-electron chi connectivity index (χ0n) is 6.65. The summed E-state index contributed by atoms with van der Waals surface area (Å²) in [5.74, 6) is -4.12. The van der Waals surface area contributed by atoms with E-state index in [1.54, 1.807) is 0 Å². The Hall–Kier alpha value is -1.92. The Morgan fingerprint density at radius 2 is 1.86 bits per heavy atom. The molecule has 0 atom stereocenters. The summed E-state index contributed by atoms with van der Waals surface area (Å²) >= 11 is 0. The van der Waals surface area contributed by atoms with E-state index in [0.29, 0.717) is 0 Å². The Bertz CT molecular complexity index is 454. The number of tetrazole rings is 1. The van der Waals surface area contributed by atoms with Crippen molar-refractivity contribution in [2.75, 3.05) is 0 Å². The largest absolute Gasteiger partial charge is 0.204 e. The summed E-state index contributed by atoms with van der Waals surface area (Å²) in [5.41, 5.74) is -0.242. The number of aromatic nitrogens is 4. The third kappa shape index (κ3) is 1.22. The Kier molecular flexibility index (Phi) is 1.91. The quantitative estimate of drug-likeness (QED) is 0.647. The molecule has 0 spiro atoms. The molecule has 0 amide bonds. The van der Waals surface area contributed by atoms with Crippen molar-refractivity contribution in [3.8, 4) is 5.69 Å². The number of hydrogen-bond donors (Lipinski definition) is 0. The van der Waals surface area contributed by atoms with Crippen LogP contribution in [0.2, 0.25) is 0 Å². The van der Waals surface area contributed by atoms with Crippen molar-refractivity contribution in [3.63, 3.8) is 0 Å². The highest BCUT2D eigenvalue weighted by Crippen LogP contribution is 2.17. The van der Waals surface area contributed by atoms with Crippen LogP contribution in [0.1, 0.15) is 0 Å². The predicted octanol–water partition coefficient (Wildman–Crippen LogP) is 1.08. The molecule has 0 saturated heterocycles. The third-order valence-corrected chi connectivity index (χ3v) is 1.61. The SMILES string of the molecule is Fc1ccc(-n2cnnn2)c(F)c1F.